The maximum absolute atomic E-state index is 11.3. The SMILES string of the molecule is CC(C)CC1(c2nc3nccc(C(=O)O)c3[nH]2)CCCC1. The van der Waals surface area contributed by atoms with Crippen molar-refractivity contribution < 1.29 is 9.90 Å². The van der Waals surface area contributed by atoms with Gasteiger partial charge in [-0.3, -0.25) is 0 Å². The Morgan fingerprint density at radius 3 is 2.76 bits per heavy atom. The smallest absolute Gasteiger partial charge is 0.338 e. The van der Waals surface area contributed by atoms with E-state index >= 15 is 0 Å². The molecule has 0 spiro atoms. The molecule has 5 heteroatoms. The predicted octanol–water partition coefficient (Wildman–Crippen LogP) is 3.51. The zero-order valence-electron chi connectivity index (χ0n) is 12.5. The van der Waals surface area contributed by atoms with E-state index in [0.717, 1.165) is 25.1 Å². The lowest BCUT2D eigenvalue weighted by Crippen LogP contribution is -2.25. The average Bonchev–Trinajstić information content (AvgIpc) is 3.03. The van der Waals surface area contributed by atoms with Crippen molar-refractivity contribution in [3.8, 4) is 0 Å². The van der Waals surface area contributed by atoms with Crippen LogP contribution in [0, 0.1) is 5.92 Å². The molecule has 1 fully saturated rings. The number of hydrogen-bond donors (Lipinski definition) is 2. The topological polar surface area (TPSA) is 78.9 Å². The molecule has 0 amide bonds. The van der Waals surface area contributed by atoms with Crippen molar-refractivity contribution in [2.24, 2.45) is 5.92 Å². The molecule has 2 heterocycles. The van der Waals surface area contributed by atoms with E-state index in [4.69, 9.17) is 0 Å². The molecule has 0 unspecified atom stereocenters. The van der Waals surface area contributed by atoms with E-state index in [1.54, 1.807) is 0 Å². The van der Waals surface area contributed by atoms with E-state index in [1.807, 2.05) is 0 Å². The Kier molecular flexibility index (Phi) is 3.43. The molecule has 3 rings (SSSR count). The van der Waals surface area contributed by atoms with Gasteiger partial charge >= 0.3 is 5.97 Å². The summed E-state index contributed by atoms with van der Waals surface area (Å²) in [6.07, 6.45) is 7.25. The summed E-state index contributed by atoms with van der Waals surface area (Å²) >= 11 is 0. The van der Waals surface area contributed by atoms with Gasteiger partial charge in [-0.2, -0.15) is 0 Å². The minimum atomic E-state index is -0.943. The number of H-pyrrole nitrogens is 1. The van der Waals surface area contributed by atoms with Crippen molar-refractivity contribution in [2.45, 2.75) is 51.4 Å². The lowest BCUT2D eigenvalue weighted by Gasteiger charge is -2.28. The van der Waals surface area contributed by atoms with Gasteiger partial charge in [0.25, 0.3) is 0 Å². The number of aromatic amines is 1. The van der Waals surface area contributed by atoms with Crippen LogP contribution in [-0.4, -0.2) is 26.0 Å². The van der Waals surface area contributed by atoms with Crippen molar-refractivity contribution in [1.82, 2.24) is 15.0 Å². The summed E-state index contributed by atoms with van der Waals surface area (Å²) in [7, 11) is 0. The summed E-state index contributed by atoms with van der Waals surface area (Å²) in [5, 5.41) is 9.29. The number of imidazole rings is 1. The van der Waals surface area contributed by atoms with E-state index in [-0.39, 0.29) is 11.0 Å². The van der Waals surface area contributed by atoms with Crippen molar-refractivity contribution in [2.75, 3.05) is 0 Å². The molecule has 0 saturated heterocycles. The first-order chi connectivity index (χ1) is 10.0. The van der Waals surface area contributed by atoms with Gasteiger partial charge in [-0.1, -0.05) is 26.7 Å². The first kappa shape index (κ1) is 14.0. The lowest BCUT2D eigenvalue weighted by atomic mass is 9.78. The van der Waals surface area contributed by atoms with E-state index in [2.05, 4.69) is 28.8 Å². The number of rotatable bonds is 4. The van der Waals surface area contributed by atoms with Crippen molar-refractivity contribution in [3.63, 3.8) is 0 Å². The zero-order valence-corrected chi connectivity index (χ0v) is 12.5. The van der Waals surface area contributed by atoms with E-state index < -0.39 is 5.97 Å². The number of nitrogens with one attached hydrogen (secondary N) is 1. The van der Waals surface area contributed by atoms with Gasteiger partial charge in [0.2, 0.25) is 0 Å². The number of pyridine rings is 1. The predicted molar refractivity (Wildman–Crippen MR) is 80.4 cm³/mol. The summed E-state index contributed by atoms with van der Waals surface area (Å²) < 4.78 is 0. The third-order valence-electron chi connectivity index (χ3n) is 4.48. The Hall–Kier alpha value is -1.91. The molecule has 2 N–H and O–H groups in total. The van der Waals surface area contributed by atoms with Gasteiger partial charge in [0.1, 0.15) is 5.82 Å². The maximum atomic E-state index is 11.3. The molecular formula is C16H21N3O2. The number of aromatic carboxylic acids is 1. The summed E-state index contributed by atoms with van der Waals surface area (Å²) in [4.78, 5) is 23.5. The molecule has 5 nitrogen and oxygen atoms in total. The molecule has 1 saturated carbocycles. The highest BCUT2D eigenvalue weighted by atomic mass is 16.4. The van der Waals surface area contributed by atoms with Crippen LogP contribution in [0.15, 0.2) is 12.3 Å². The third kappa shape index (κ3) is 2.41. The Balaban J connectivity index is 2.11. The average molecular weight is 287 g/mol. The highest BCUT2D eigenvalue weighted by molar-refractivity contribution is 5.99. The minimum Gasteiger partial charge on any atom is -0.478 e. The van der Waals surface area contributed by atoms with Gasteiger partial charge in [0.05, 0.1) is 11.1 Å². The summed E-state index contributed by atoms with van der Waals surface area (Å²) in [6, 6.07) is 1.52. The van der Waals surface area contributed by atoms with Crippen molar-refractivity contribution in [1.29, 1.82) is 0 Å². The molecule has 1 aliphatic rings. The van der Waals surface area contributed by atoms with Gasteiger partial charge in [-0.15, -0.1) is 0 Å². The first-order valence-electron chi connectivity index (χ1n) is 7.60. The Morgan fingerprint density at radius 2 is 2.14 bits per heavy atom. The Bertz CT molecular complexity index is 669. The second-order valence-electron chi connectivity index (χ2n) is 6.53. The highest BCUT2D eigenvalue weighted by Gasteiger charge is 2.39. The van der Waals surface area contributed by atoms with Crippen LogP contribution in [0.25, 0.3) is 11.2 Å². The van der Waals surface area contributed by atoms with Crippen LogP contribution in [0.1, 0.15) is 62.1 Å². The largest absolute Gasteiger partial charge is 0.478 e. The Labute approximate surface area is 123 Å². The van der Waals surface area contributed by atoms with Gasteiger partial charge in [-0.05, 0) is 31.2 Å². The quantitative estimate of drug-likeness (QED) is 0.901. The van der Waals surface area contributed by atoms with Crippen LogP contribution in [0.3, 0.4) is 0 Å². The van der Waals surface area contributed by atoms with Crippen molar-refractivity contribution >= 4 is 17.1 Å². The van der Waals surface area contributed by atoms with Gasteiger partial charge in [0, 0.05) is 11.6 Å². The second-order valence-corrected chi connectivity index (χ2v) is 6.53. The lowest BCUT2D eigenvalue weighted by molar-refractivity contribution is 0.0698. The summed E-state index contributed by atoms with van der Waals surface area (Å²) in [6.45, 7) is 4.45. The van der Waals surface area contributed by atoms with Crippen LogP contribution in [0.5, 0.6) is 0 Å². The monoisotopic (exact) mass is 287 g/mol. The number of aromatic nitrogens is 3. The molecule has 1 aliphatic carbocycles. The molecule has 21 heavy (non-hydrogen) atoms. The molecular weight excluding hydrogens is 266 g/mol. The summed E-state index contributed by atoms with van der Waals surface area (Å²) in [5.74, 6) is 0.565. The normalized spacial score (nSPS) is 17.7. The summed E-state index contributed by atoms with van der Waals surface area (Å²) in [5.41, 5.74) is 1.37. The van der Waals surface area contributed by atoms with E-state index in [1.165, 1.54) is 25.1 Å². The fourth-order valence-electron chi connectivity index (χ4n) is 3.71. The van der Waals surface area contributed by atoms with E-state index in [9.17, 15) is 9.90 Å². The van der Waals surface area contributed by atoms with Crippen LogP contribution in [0.2, 0.25) is 0 Å². The maximum Gasteiger partial charge on any atom is 0.338 e. The number of hydrogen-bond acceptors (Lipinski definition) is 3. The molecule has 112 valence electrons. The fourth-order valence-corrected chi connectivity index (χ4v) is 3.71. The number of fused-ring (bicyclic) bond motifs is 1. The van der Waals surface area contributed by atoms with Crippen LogP contribution < -0.4 is 0 Å². The standard InChI is InChI=1S/C16H21N3O2/c1-10(2)9-16(6-3-4-7-16)15-18-12-11(14(20)21)5-8-17-13(12)19-15/h5,8,10H,3-4,6-7,9H2,1-2H3,(H,20,21)(H,17,18,19). The Morgan fingerprint density at radius 1 is 1.43 bits per heavy atom. The molecule has 0 radical (unpaired) electrons. The first-order valence-corrected chi connectivity index (χ1v) is 7.60. The molecule has 2 aromatic heterocycles. The molecule has 0 aliphatic heterocycles. The van der Waals surface area contributed by atoms with E-state index in [0.29, 0.717) is 17.1 Å². The molecule has 0 aromatic carbocycles. The number of carboxylic acids is 1. The number of nitrogens with zero attached hydrogens (tertiary/aromatic N) is 2. The molecule has 0 atom stereocenters. The van der Waals surface area contributed by atoms with Gasteiger partial charge in [-0.25, -0.2) is 14.8 Å². The van der Waals surface area contributed by atoms with Crippen LogP contribution in [-0.2, 0) is 5.41 Å². The van der Waals surface area contributed by atoms with Crippen LogP contribution in [0.4, 0.5) is 0 Å². The van der Waals surface area contributed by atoms with Crippen LogP contribution >= 0.6 is 0 Å². The third-order valence-corrected chi connectivity index (χ3v) is 4.48. The minimum absolute atomic E-state index is 0.0602. The number of carbonyl (C=O) groups is 1. The zero-order chi connectivity index (χ0) is 15.0. The number of carboxylic acid groups (broad SMARTS) is 1. The van der Waals surface area contributed by atoms with Crippen molar-refractivity contribution in [3.05, 3.63) is 23.7 Å². The molecule has 0 bridgehead atoms. The molecule has 2 aromatic rings. The highest BCUT2D eigenvalue weighted by Crippen LogP contribution is 2.44. The fraction of sp³-hybridized carbons (Fsp3) is 0.562. The second kappa shape index (κ2) is 5.13. The van der Waals surface area contributed by atoms with Gasteiger partial charge < -0.3 is 10.1 Å². The van der Waals surface area contributed by atoms with Gasteiger partial charge in [0.15, 0.2) is 5.65 Å².